The molecule has 0 bridgehead atoms. The van der Waals surface area contributed by atoms with Gasteiger partial charge in [0.15, 0.2) is 5.96 Å². The van der Waals surface area contributed by atoms with E-state index >= 15 is 0 Å². The lowest BCUT2D eigenvalue weighted by Gasteiger charge is -2.25. The number of thiol groups is 1. The lowest BCUT2D eigenvalue weighted by atomic mass is 10.1. The maximum absolute atomic E-state index is 13.2. The van der Waals surface area contributed by atoms with Crippen LogP contribution in [0.2, 0.25) is 0 Å². The third-order valence-corrected chi connectivity index (χ3v) is 5.66. The summed E-state index contributed by atoms with van der Waals surface area (Å²) in [6.07, 6.45) is 5.11. The molecule has 0 saturated carbocycles. The molecule has 37 heavy (non-hydrogen) atoms. The lowest BCUT2D eigenvalue weighted by molar-refractivity contribution is -0.141. The molecule has 0 fully saturated rings. The Labute approximate surface area is 220 Å². The van der Waals surface area contributed by atoms with Gasteiger partial charge >= 0.3 is 5.97 Å². The molecule has 1 rings (SSSR count). The Bertz CT molecular complexity index is 894. The van der Waals surface area contributed by atoms with E-state index in [4.69, 9.17) is 22.9 Å². The number of nitrogens with zero attached hydrogens (tertiary/aromatic N) is 2. The van der Waals surface area contributed by atoms with Gasteiger partial charge in [-0.1, -0.05) is 6.42 Å². The highest BCUT2D eigenvalue weighted by molar-refractivity contribution is 7.80. The highest BCUT2D eigenvalue weighted by atomic mass is 32.1. The molecular formula is C21H38N10O5S. The number of carbonyl (C=O) groups is 4. The third kappa shape index (κ3) is 12.4. The second kappa shape index (κ2) is 17.1. The number of rotatable bonds is 18. The maximum Gasteiger partial charge on any atom is 0.327 e. The predicted octanol–water partition coefficient (Wildman–Crippen LogP) is -3.07. The van der Waals surface area contributed by atoms with Crippen LogP contribution in [0.25, 0.3) is 0 Å². The number of carboxylic acid groups (broad SMARTS) is 1. The number of hydrogen-bond donors (Lipinski definition) is 10. The average Bonchev–Trinajstić information content (AvgIpc) is 3.36. The van der Waals surface area contributed by atoms with Gasteiger partial charge in [-0.3, -0.25) is 19.4 Å². The number of carbonyl (C=O) groups excluding carboxylic acids is 3. The molecule has 0 aliphatic carbocycles. The number of aliphatic imine (C=N–C) groups is 1. The molecule has 1 aromatic rings. The van der Waals surface area contributed by atoms with Crippen molar-refractivity contribution in [2.45, 2.75) is 62.7 Å². The molecule has 1 aromatic heterocycles. The Morgan fingerprint density at radius 3 is 2.22 bits per heavy atom. The second-order valence-corrected chi connectivity index (χ2v) is 8.69. The molecule has 0 aromatic carbocycles. The number of imidazole rings is 1. The SMILES string of the molecule is NCCCCC(N)C(=O)NC(Cc1cnc[nH]1)C(=O)NC(CCCN=C(N)N)C(=O)NC(CS)C(=O)O. The van der Waals surface area contributed by atoms with Gasteiger partial charge < -0.3 is 49.0 Å². The maximum atomic E-state index is 13.2. The minimum atomic E-state index is -1.28. The topological polar surface area (TPSA) is 270 Å². The molecule has 4 atom stereocenters. The summed E-state index contributed by atoms with van der Waals surface area (Å²) in [7, 11) is 0. The number of guanidine groups is 1. The van der Waals surface area contributed by atoms with Gasteiger partial charge in [0.2, 0.25) is 17.7 Å². The van der Waals surface area contributed by atoms with E-state index in [2.05, 4.69) is 43.5 Å². The average molecular weight is 543 g/mol. The summed E-state index contributed by atoms with van der Waals surface area (Å²) in [5.41, 5.74) is 22.7. The fraction of sp³-hybridized carbons (Fsp3) is 0.619. The summed E-state index contributed by atoms with van der Waals surface area (Å²) in [6, 6.07) is -4.35. The van der Waals surface area contributed by atoms with E-state index in [1.807, 2.05) is 0 Å². The van der Waals surface area contributed by atoms with Crippen LogP contribution < -0.4 is 38.9 Å². The number of aliphatic carboxylic acids is 1. The van der Waals surface area contributed by atoms with E-state index < -0.39 is 47.9 Å². The summed E-state index contributed by atoms with van der Waals surface area (Å²) in [6.45, 7) is 0.657. The van der Waals surface area contributed by atoms with Crippen molar-refractivity contribution in [1.82, 2.24) is 25.9 Å². The Morgan fingerprint density at radius 2 is 1.65 bits per heavy atom. The van der Waals surface area contributed by atoms with Crippen molar-refractivity contribution in [3.05, 3.63) is 18.2 Å². The van der Waals surface area contributed by atoms with Crippen LogP contribution in [-0.4, -0.2) is 87.7 Å². The van der Waals surface area contributed by atoms with Crippen LogP contribution in [-0.2, 0) is 25.6 Å². The molecule has 16 heteroatoms. The van der Waals surface area contributed by atoms with Crippen molar-refractivity contribution in [2.24, 2.45) is 27.9 Å². The first kappa shape index (κ1) is 31.7. The van der Waals surface area contributed by atoms with E-state index in [9.17, 15) is 24.3 Å². The van der Waals surface area contributed by atoms with Gasteiger partial charge in [-0.25, -0.2) is 9.78 Å². The summed E-state index contributed by atoms with van der Waals surface area (Å²) < 4.78 is 0. The zero-order valence-electron chi connectivity index (χ0n) is 20.6. The number of H-pyrrole nitrogens is 1. The normalized spacial score (nSPS) is 14.0. The molecule has 3 amide bonds. The van der Waals surface area contributed by atoms with Crippen molar-refractivity contribution >= 4 is 42.3 Å². The van der Waals surface area contributed by atoms with Crippen LogP contribution in [0.4, 0.5) is 0 Å². The minimum absolute atomic E-state index is 0.0455. The number of unbranched alkanes of at least 4 members (excludes halogenated alkanes) is 1. The van der Waals surface area contributed by atoms with Crippen molar-refractivity contribution in [3.63, 3.8) is 0 Å². The van der Waals surface area contributed by atoms with Crippen molar-refractivity contribution in [3.8, 4) is 0 Å². The van der Waals surface area contributed by atoms with Crippen molar-refractivity contribution in [1.29, 1.82) is 0 Å². The quantitative estimate of drug-likeness (QED) is 0.0387. The molecule has 0 aliphatic rings. The summed E-state index contributed by atoms with van der Waals surface area (Å²) in [5, 5.41) is 16.8. The van der Waals surface area contributed by atoms with Crippen molar-refractivity contribution < 1.29 is 24.3 Å². The van der Waals surface area contributed by atoms with E-state index in [0.29, 0.717) is 37.9 Å². The number of nitrogens with one attached hydrogen (secondary N) is 4. The number of nitrogens with two attached hydrogens (primary N) is 4. The first-order valence-corrected chi connectivity index (χ1v) is 12.4. The first-order chi connectivity index (χ1) is 17.6. The molecule has 13 N–H and O–H groups in total. The highest BCUT2D eigenvalue weighted by Gasteiger charge is 2.30. The zero-order chi connectivity index (χ0) is 27.8. The second-order valence-electron chi connectivity index (χ2n) is 8.33. The van der Waals surface area contributed by atoms with Crippen LogP contribution >= 0.6 is 12.6 Å². The fourth-order valence-corrected chi connectivity index (χ4v) is 3.49. The van der Waals surface area contributed by atoms with Gasteiger partial charge in [0.05, 0.1) is 12.4 Å². The van der Waals surface area contributed by atoms with E-state index in [1.165, 1.54) is 12.5 Å². The minimum Gasteiger partial charge on any atom is -0.480 e. The zero-order valence-corrected chi connectivity index (χ0v) is 21.5. The largest absolute Gasteiger partial charge is 0.480 e. The molecule has 0 saturated heterocycles. The summed E-state index contributed by atoms with van der Waals surface area (Å²) in [4.78, 5) is 60.7. The van der Waals surface area contributed by atoms with E-state index in [1.54, 1.807) is 0 Å². The third-order valence-electron chi connectivity index (χ3n) is 5.29. The molecular weight excluding hydrogens is 504 g/mol. The fourth-order valence-electron chi connectivity index (χ4n) is 3.25. The summed E-state index contributed by atoms with van der Waals surface area (Å²) >= 11 is 3.94. The number of amides is 3. The van der Waals surface area contributed by atoms with Crippen LogP contribution in [0.5, 0.6) is 0 Å². The molecule has 208 valence electrons. The van der Waals surface area contributed by atoms with E-state index in [0.717, 1.165) is 0 Å². The van der Waals surface area contributed by atoms with Crippen LogP contribution in [0.3, 0.4) is 0 Å². The number of aromatic amines is 1. The van der Waals surface area contributed by atoms with Crippen LogP contribution in [0, 0.1) is 0 Å². The monoisotopic (exact) mass is 542 g/mol. The molecule has 0 spiro atoms. The predicted molar refractivity (Wildman–Crippen MR) is 140 cm³/mol. The standard InChI is InChI=1S/C21H38N10O5S/c22-6-2-1-4-13(23)17(32)30-15(8-12-9-26-11-28-12)19(34)29-14(5-3-7-27-21(24)25)18(33)31-16(10-37)20(35)36/h9,11,13-16,37H,1-8,10,22-23H2,(H,26,28)(H,29,34)(H,30,32)(H,31,33)(H,35,36)(H4,24,25,27). The molecule has 0 aliphatic heterocycles. The van der Waals surface area contributed by atoms with Gasteiger partial charge in [0.1, 0.15) is 18.1 Å². The Kier molecular flexibility index (Phi) is 14.7. The van der Waals surface area contributed by atoms with Gasteiger partial charge in [-0.15, -0.1) is 0 Å². The number of aromatic nitrogens is 2. The highest BCUT2D eigenvalue weighted by Crippen LogP contribution is 2.06. The Hall–Kier alpha value is -3.37. The van der Waals surface area contributed by atoms with Gasteiger partial charge in [-0.05, 0) is 32.2 Å². The van der Waals surface area contributed by atoms with Crippen LogP contribution in [0.15, 0.2) is 17.5 Å². The smallest absolute Gasteiger partial charge is 0.327 e. The van der Waals surface area contributed by atoms with Crippen molar-refractivity contribution in [2.75, 3.05) is 18.8 Å². The van der Waals surface area contributed by atoms with Gasteiger partial charge in [0, 0.05) is 30.6 Å². The Morgan fingerprint density at radius 1 is 1.00 bits per heavy atom. The summed E-state index contributed by atoms with van der Waals surface area (Å²) in [5.74, 6) is -3.50. The van der Waals surface area contributed by atoms with E-state index in [-0.39, 0.29) is 31.1 Å². The molecule has 4 unspecified atom stereocenters. The number of carboxylic acids is 1. The first-order valence-electron chi connectivity index (χ1n) is 11.8. The van der Waals surface area contributed by atoms with Gasteiger partial charge in [-0.2, -0.15) is 12.6 Å². The van der Waals surface area contributed by atoms with Crippen LogP contribution in [0.1, 0.15) is 37.8 Å². The Balaban J connectivity index is 3.02. The number of hydrogen-bond acceptors (Lipinski definition) is 9. The lowest BCUT2D eigenvalue weighted by Crippen LogP contribution is -2.57. The molecule has 0 radical (unpaired) electrons. The molecule has 1 heterocycles. The van der Waals surface area contributed by atoms with Gasteiger partial charge in [0.25, 0.3) is 0 Å². The molecule has 15 nitrogen and oxygen atoms in total.